The van der Waals surface area contributed by atoms with Crippen LogP contribution in [0.1, 0.15) is 11.6 Å². The lowest BCUT2D eigenvalue weighted by Crippen LogP contribution is -2.48. The van der Waals surface area contributed by atoms with E-state index in [1.807, 2.05) is 34.9 Å². The van der Waals surface area contributed by atoms with Crippen molar-refractivity contribution in [2.24, 2.45) is 0 Å². The average molecular weight is 422 g/mol. The number of likely N-dealkylation sites (N-methyl/N-ethyl adjacent to an activating group) is 1. The number of hydrogen-bond acceptors (Lipinski definition) is 5. The molecule has 1 amide bonds. The molecule has 162 valence electrons. The Morgan fingerprint density at radius 2 is 1.84 bits per heavy atom. The first-order chi connectivity index (χ1) is 15.0. The number of nitrogens with one attached hydrogen (secondary N) is 1. The number of non-ortho nitro benzene ring substituents is 1. The number of carbonyl (C=O) groups excluding carboxylic acids is 1. The van der Waals surface area contributed by atoms with E-state index < -0.39 is 4.92 Å². The Labute approximate surface area is 181 Å². The zero-order valence-corrected chi connectivity index (χ0v) is 17.6. The molecule has 0 radical (unpaired) electrons. The summed E-state index contributed by atoms with van der Waals surface area (Å²) in [6.07, 6.45) is 1.80. The molecule has 1 fully saturated rings. The molecule has 3 aromatic rings. The number of nitro groups is 1. The molecule has 1 atom stereocenters. The van der Waals surface area contributed by atoms with Gasteiger partial charge in [-0.05, 0) is 24.7 Å². The van der Waals surface area contributed by atoms with Gasteiger partial charge in [-0.15, -0.1) is 0 Å². The van der Waals surface area contributed by atoms with Gasteiger partial charge in [0.2, 0.25) is 5.91 Å². The summed E-state index contributed by atoms with van der Waals surface area (Å²) < 4.78 is 1.83. The van der Waals surface area contributed by atoms with Crippen LogP contribution in [-0.2, 0) is 11.3 Å². The second-order valence-electron chi connectivity index (χ2n) is 8.08. The summed E-state index contributed by atoms with van der Waals surface area (Å²) in [5.41, 5.74) is 1.94. The SMILES string of the molecule is CN1CCN(CC(NC(=O)Cn2ccc3cc([N+](=O)[O-])ccc32)c2ccccc2)CC1. The van der Waals surface area contributed by atoms with Gasteiger partial charge in [-0.25, -0.2) is 0 Å². The Morgan fingerprint density at radius 1 is 1.10 bits per heavy atom. The molecule has 0 spiro atoms. The first kappa shape index (κ1) is 21.0. The van der Waals surface area contributed by atoms with Crippen molar-refractivity contribution in [3.8, 4) is 0 Å². The van der Waals surface area contributed by atoms with E-state index in [9.17, 15) is 14.9 Å². The fourth-order valence-electron chi connectivity index (χ4n) is 4.04. The summed E-state index contributed by atoms with van der Waals surface area (Å²) in [4.78, 5) is 28.2. The lowest BCUT2D eigenvalue weighted by atomic mass is 10.1. The predicted octanol–water partition coefficient (Wildman–Crippen LogP) is 2.65. The van der Waals surface area contributed by atoms with Crippen LogP contribution in [0.25, 0.3) is 10.9 Å². The van der Waals surface area contributed by atoms with Crippen LogP contribution in [0.2, 0.25) is 0 Å². The molecule has 0 saturated carbocycles. The number of benzene rings is 2. The molecule has 0 aliphatic carbocycles. The summed E-state index contributed by atoms with van der Waals surface area (Å²) in [5.74, 6) is -0.0844. The molecule has 1 unspecified atom stereocenters. The maximum Gasteiger partial charge on any atom is 0.270 e. The summed E-state index contributed by atoms with van der Waals surface area (Å²) in [6.45, 7) is 4.94. The third-order valence-electron chi connectivity index (χ3n) is 5.85. The molecular formula is C23H27N5O3. The quantitative estimate of drug-likeness (QED) is 0.468. The number of nitro benzene ring substituents is 1. The maximum atomic E-state index is 12.9. The summed E-state index contributed by atoms with van der Waals surface area (Å²) in [6, 6.07) is 16.4. The molecule has 0 bridgehead atoms. The van der Waals surface area contributed by atoms with Crippen LogP contribution >= 0.6 is 0 Å². The Bertz CT molecular complexity index is 1060. The molecule has 1 aliphatic heterocycles. The Hall–Kier alpha value is -3.23. The molecule has 2 aromatic carbocycles. The van der Waals surface area contributed by atoms with Crippen molar-refractivity contribution in [3.63, 3.8) is 0 Å². The molecule has 1 N–H and O–H groups in total. The monoisotopic (exact) mass is 421 g/mol. The van der Waals surface area contributed by atoms with Crippen LogP contribution in [-0.4, -0.2) is 65.0 Å². The second-order valence-corrected chi connectivity index (χ2v) is 8.08. The number of rotatable bonds is 7. The van der Waals surface area contributed by atoms with Crippen molar-refractivity contribution in [1.82, 2.24) is 19.7 Å². The smallest absolute Gasteiger partial charge is 0.270 e. The molecule has 8 heteroatoms. The Balaban J connectivity index is 1.47. The fourth-order valence-corrected chi connectivity index (χ4v) is 4.04. The van der Waals surface area contributed by atoms with Gasteiger partial charge in [0, 0.05) is 62.0 Å². The number of aromatic nitrogens is 1. The summed E-state index contributed by atoms with van der Waals surface area (Å²) >= 11 is 0. The molecular weight excluding hydrogens is 394 g/mol. The first-order valence-corrected chi connectivity index (χ1v) is 10.5. The zero-order valence-electron chi connectivity index (χ0n) is 17.6. The van der Waals surface area contributed by atoms with Gasteiger partial charge in [0.15, 0.2) is 0 Å². The molecule has 2 heterocycles. The molecule has 31 heavy (non-hydrogen) atoms. The van der Waals surface area contributed by atoms with Gasteiger partial charge in [-0.2, -0.15) is 0 Å². The minimum Gasteiger partial charge on any atom is -0.346 e. The van der Waals surface area contributed by atoms with Gasteiger partial charge < -0.3 is 14.8 Å². The molecule has 8 nitrogen and oxygen atoms in total. The zero-order chi connectivity index (χ0) is 21.8. The maximum absolute atomic E-state index is 12.9. The summed E-state index contributed by atoms with van der Waals surface area (Å²) in [5, 5.41) is 14.9. The van der Waals surface area contributed by atoms with E-state index in [0.29, 0.717) is 0 Å². The second kappa shape index (κ2) is 9.28. The van der Waals surface area contributed by atoms with Gasteiger partial charge in [0.25, 0.3) is 5.69 Å². The standard InChI is InChI=1S/C23H27N5O3/c1-25-11-13-26(14-12-25)16-21(18-5-3-2-4-6-18)24-23(29)17-27-10-9-19-15-20(28(30)31)7-8-22(19)27/h2-10,15,21H,11-14,16-17H2,1H3,(H,24,29). The first-order valence-electron chi connectivity index (χ1n) is 10.5. The third kappa shape index (κ3) is 5.10. The van der Waals surface area contributed by atoms with Crippen molar-refractivity contribution in [1.29, 1.82) is 0 Å². The van der Waals surface area contributed by atoms with E-state index in [1.54, 1.807) is 18.3 Å². The van der Waals surface area contributed by atoms with Gasteiger partial charge in [0.1, 0.15) is 6.54 Å². The van der Waals surface area contributed by atoms with E-state index >= 15 is 0 Å². The van der Waals surface area contributed by atoms with Crippen LogP contribution in [0, 0.1) is 10.1 Å². The van der Waals surface area contributed by atoms with Crippen LogP contribution in [0.3, 0.4) is 0 Å². The third-order valence-corrected chi connectivity index (χ3v) is 5.85. The van der Waals surface area contributed by atoms with E-state index in [1.165, 1.54) is 12.1 Å². The van der Waals surface area contributed by atoms with Gasteiger partial charge in [-0.3, -0.25) is 19.8 Å². The van der Waals surface area contributed by atoms with Crippen molar-refractivity contribution < 1.29 is 9.72 Å². The number of nitrogens with zero attached hydrogens (tertiary/aromatic N) is 4. The number of fused-ring (bicyclic) bond motifs is 1. The lowest BCUT2D eigenvalue weighted by molar-refractivity contribution is -0.384. The molecule has 1 aliphatic rings. The van der Waals surface area contributed by atoms with Crippen LogP contribution in [0.15, 0.2) is 60.8 Å². The largest absolute Gasteiger partial charge is 0.346 e. The van der Waals surface area contributed by atoms with Gasteiger partial charge >= 0.3 is 0 Å². The lowest BCUT2D eigenvalue weighted by Gasteiger charge is -2.35. The van der Waals surface area contributed by atoms with Crippen molar-refractivity contribution in [3.05, 3.63) is 76.5 Å². The van der Waals surface area contributed by atoms with Crippen molar-refractivity contribution >= 4 is 22.5 Å². The highest BCUT2D eigenvalue weighted by Gasteiger charge is 2.21. The molecule has 1 saturated heterocycles. The highest BCUT2D eigenvalue weighted by molar-refractivity contribution is 5.85. The summed E-state index contributed by atoms with van der Waals surface area (Å²) in [7, 11) is 2.13. The van der Waals surface area contributed by atoms with Crippen molar-refractivity contribution in [2.45, 2.75) is 12.6 Å². The minimum atomic E-state index is -0.410. The van der Waals surface area contributed by atoms with Crippen LogP contribution < -0.4 is 5.32 Å². The van der Waals surface area contributed by atoms with E-state index in [0.717, 1.165) is 49.2 Å². The molecule has 4 rings (SSSR count). The highest BCUT2D eigenvalue weighted by atomic mass is 16.6. The topological polar surface area (TPSA) is 83.6 Å². The van der Waals surface area contributed by atoms with Gasteiger partial charge in [-0.1, -0.05) is 30.3 Å². The van der Waals surface area contributed by atoms with Gasteiger partial charge in [0.05, 0.1) is 11.0 Å². The number of piperazine rings is 1. The van der Waals surface area contributed by atoms with E-state index in [-0.39, 0.29) is 24.2 Å². The Kier molecular flexibility index (Phi) is 6.29. The Morgan fingerprint density at radius 3 is 2.55 bits per heavy atom. The average Bonchev–Trinajstić information content (AvgIpc) is 3.17. The normalized spacial score (nSPS) is 16.3. The van der Waals surface area contributed by atoms with Crippen LogP contribution in [0.4, 0.5) is 5.69 Å². The fraction of sp³-hybridized carbons (Fsp3) is 0.348. The van der Waals surface area contributed by atoms with Crippen molar-refractivity contribution in [2.75, 3.05) is 39.8 Å². The van der Waals surface area contributed by atoms with E-state index in [2.05, 4.69) is 22.2 Å². The number of hydrogen-bond donors (Lipinski definition) is 1. The van der Waals surface area contributed by atoms with E-state index in [4.69, 9.17) is 0 Å². The minimum absolute atomic E-state index is 0.0472. The highest BCUT2D eigenvalue weighted by Crippen LogP contribution is 2.22. The predicted molar refractivity (Wildman–Crippen MR) is 120 cm³/mol. The van der Waals surface area contributed by atoms with Crippen LogP contribution in [0.5, 0.6) is 0 Å². The number of amides is 1. The molecule has 1 aromatic heterocycles. The number of carbonyl (C=O) groups is 1.